The third-order valence-corrected chi connectivity index (χ3v) is 4.86. The van der Waals surface area contributed by atoms with Gasteiger partial charge in [0.2, 0.25) is 0 Å². The zero-order valence-corrected chi connectivity index (χ0v) is 16.9. The first-order valence-electron chi connectivity index (χ1n) is 9.04. The van der Waals surface area contributed by atoms with Crippen LogP contribution < -0.4 is 15.5 Å². The van der Waals surface area contributed by atoms with Crippen molar-refractivity contribution in [2.45, 2.75) is 6.92 Å². The number of hydrogen-bond acceptors (Lipinski definition) is 6. The monoisotopic (exact) mass is 421 g/mol. The maximum absolute atomic E-state index is 12.1. The summed E-state index contributed by atoms with van der Waals surface area (Å²) in [5.74, 6) is -0.769. The molecule has 30 heavy (non-hydrogen) atoms. The van der Waals surface area contributed by atoms with E-state index in [1.807, 2.05) is 19.1 Å². The summed E-state index contributed by atoms with van der Waals surface area (Å²) in [5, 5.41) is 8.22. The van der Waals surface area contributed by atoms with E-state index in [2.05, 4.69) is 15.8 Å². The molecule has 2 amide bonds. The number of aryl methyl sites for hydroxylation is 1. The van der Waals surface area contributed by atoms with Crippen molar-refractivity contribution in [1.29, 1.82) is 0 Å². The van der Waals surface area contributed by atoms with Gasteiger partial charge >= 0.3 is 5.97 Å². The van der Waals surface area contributed by atoms with Gasteiger partial charge in [0.1, 0.15) is 10.6 Å². The van der Waals surface area contributed by atoms with Crippen LogP contribution in [0.15, 0.2) is 71.1 Å². The molecule has 152 valence electrons. The van der Waals surface area contributed by atoms with E-state index in [1.165, 1.54) is 17.6 Å². The van der Waals surface area contributed by atoms with Crippen LogP contribution in [-0.4, -0.2) is 30.5 Å². The Hall–Kier alpha value is -3.78. The highest BCUT2D eigenvalue weighted by molar-refractivity contribution is 7.12. The lowest BCUT2D eigenvalue weighted by atomic mass is 10.1. The molecule has 3 aromatic rings. The molecule has 1 aromatic heterocycles. The first-order chi connectivity index (χ1) is 14.5. The summed E-state index contributed by atoms with van der Waals surface area (Å²) >= 11 is 1.31. The van der Waals surface area contributed by atoms with E-state index in [4.69, 9.17) is 4.74 Å². The molecule has 0 aliphatic rings. The van der Waals surface area contributed by atoms with Gasteiger partial charge in [0.25, 0.3) is 11.8 Å². The molecule has 0 atom stereocenters. The zero-order valence-electron chi connectivity index (χ0n) is 16.1. The maximum atomic E-state index is 12.1. The summed E-state index contributed by atoms with van der Waals surface area (Å²) in [6, 6.07) is 17.3. The fourth-order valence-electron chi connectivity index (χ4n) is 2.48. The van der Waals surface area contributed by atoms with E-state index in [-0.39, 0.29) is 12.5 Å². The number of ether oxygens (including phenoxy) is 1. The maximum Gasteiger partial charge on any atom is 0.353 e. The van der Waals surface area contributed by atoms with Crippen molar-refractivity contribution in [3.63, 3.8) is 0 Å². The van der Waals surface area contributed by atoms with E-state index >= 15 is 0 Å². The van der Waals surface area contributed by atoms with Crippen LogP contribution in [0.2, 0.25) is 0 Å². The number of hydrogen-bond donors (Lipinski definition) is 2. The predicted octanol–water partition coefficient (Wildman–Crippen LogP) is 3.16. The molecule has 8 heteroatoms. The van der Waals surface area contributed by atoms with Gasteiger partial charge in [-0.1, -0.05) is 24.3 Å². The van der Waals surface area contributed by atoms with E-state index in [9.17, 15) is 14.4 Å². The van der Waals surface area contributed by atoms with Crippen LogP contribution in [0.25, 0.3) is 0 Å². The van der Waals surface area contributed by atoms with Crippen LogP contribution >= 0.6 is 11.3 Å². The van der Waals surface area contributed by atoms with Gasteiger partial charge in [-0.15, -0.1) is 11.3 Å². The van der Waals surface area contributed by atoms with Crippen LogP contribution in [0.4, 0.5) is 0 Å². The number of carbonyl (C=O) groups is 3. The second kappa shape index (κ2) is 10.1. The average Bonchev–Trinajstić information content (AvgIpc) is 3.29. The number of carbonyl (C=O) groups excluding carboxylic acids is 3. The molecular weight excluding hydrogens is 402 g/mol. The number of benzene rings is 2. The highest BCUT2D eigenvalue weighted by Gasteiger charge is 2.10. The van der Waals surface area contributed by atoms with Crippen LogP contribution in [-0.2, 0) is 4.79 Å². The van der Waals surface area contributed by atoms with Gasteiger partial charge in [-0.3, -0.25) is 9.59 Å². The number of nitrogens with one attached hydrogen (secondary N) is 2. The van der Waals surface area contributed by atoms with Crippen molar-refractivity contribution in [2.24, 2.45) is 5.10 Å². The predicted molar refractivity (Wildman–Crippen MR) is 115 cm³/mol. The molecule has 0 radical (unpaired) electrons. The molecule has 0 saturated heterocycles. The third kappa shape index (κ3) is 5.86. The van der Waals surface area contributed by atoms with Crippen molar-refractivity contribution >= 4 is 35.3 Å². The Morgan fingerprint density at radius 1 is 1.03 bits per heavy atom. The SMILES string of the molecule is Cc1ccccc1C(=O)NCC(=O)N/N=C/c1ccc(OC(=O)c2cccs2)cc1. The summed E-state index contributed by atoms with van der Waals surface area (Å²) in [5.41, 5.74) is 4.41. The lowest BCUT2D eigenvalue weighted by Gasteiger charge is -2.06. The molecule has 3 rings (SSSR count). The van der Waals surface area contributed by atoms with Crippen LogP contribution in [0.5, 0.6) is 5.75 Å². The Morgan fingerprint density at radius 3 is 2.50 bits per heavy atom. The highest BCUT2D eigenvalue weighted by atomic mass is 32.1. The number of amides is 2. The fourth-order valence-corrected chi connectivity index (χ4v) is 3.07. The first-order valence-corrected chi connectivity index (χ1v) is 9.92. The molecule has 0 bridgehead atoms. The second-order valence-electron chi connectivity index (χ2n) is 6.23. The van der Waals surface area contributed by atoms with Crippen LogP contribution in [0.1, 0.15) is 31.2 Å². The van der Waals surface area contributed by atoms with Gasteiger partial charge in [-0.05, 0) is 59.8 Å². The summed E-state index contributed by atoms with van der Waals surface area (Å²) in [7, 11) is 0. The van der Waals surface area contributed by atoms with Crippen molar-refractivity contribution in [2.75, 3.05) is 6.54 Å². The summed E-state index contributed by atoms with van der Waals surface area (Å²) in [6.07, 6.45) is 1.45. The zero-order chi connectivity index (χ0) is 21.3. The minimum atomic E-state index is -0.449. The standard InChI is InChI=1S/C22H19N3O4S/c1-15-5-2-3-6-18(15)21(27)23-14-20(26)25-24-13-16-8-10-17(11-9-16)29-22(28)19-7-4-12-30-19/h2-13H,14H2,1H3,(H,23,27)(H,25,26)/b24-13+. The summed E-state index contributed by atoms with van der Waals surface area (Å²) in [6.45, 7) is 1.63. The lowest BCUT2D eigenvalue weighted by Crippen LogP contribution is -2.35. The van der Waals surface area contributed by atoms with Crippen molar-refractivity contribution in [3.05, 3.63) is 87.6 Å². The average molecular weight is 421 g/mol. The number of rotatable bonds is 7. The smallest absolute Gasteiger partial charge is 0.353 e. The molecule has 0 unspecified atom stereocenters. The minimum Gasteiger partial charge on any atom is -0.422 e. The molecule has 0 fully saturated rings. The molecule has 0 saturated carbocycles. The first kappa shape index (κ1) is 20.9. The fraction of sp³-hybridized carbons (Fsp3) is 0.0909. The molecule has 0 spiro atoms. The Kier molecular flexibility index (Phi) is 7.07. The third-order valence-electron chi connectivity index (χ3n) is 4.02. The molecular formula is C22H19N3O4S. The number of nitrogens with zero attached hydrogens (tertiary/aromatic N) is 1. The number of thiophene rings is 1. The Labute approximate surface area is 177 Å². The van der Waals surface area contributed by atoms with E-state index in [0.717, 1.165) is 5.56 Å². The lowest BCUT2D eigenvalue weighted by molar-refractivity contribution is -0.120. The Bertz CT molecular complexity index is 1060. The second-order valence-corrected chi connectivity index (χ2v) is 7.17. The molecule has 1 heterocycles. The normalized spacial score (nSPS) is 10.6. The number of hydrazone groups is 1. The van der Waals surface area contributed by atoms with Gasteiger partial charge < -0.3 is 10.1 Å². The topological polar surface area (TPSA) is 96.9 Å². The Morgan fingerprint density at radius 2 is 1.80 bits per heavy atom. The van der Waals surface area contributed by atoms with Crippen molar-refractivity contribution in [1.82, 2.24) is 10.7 Å². The molecule has 0 aliphatic heterocycles. The minimum absolute atomic E-state index is 0.192. The van der Waals surface area contributed by atoms with E-state index < -0.39 is 11.9 Å². The summed E-state index contributed by atoms with van der Waals surface area (Å²) < 4.78 is 5.27. The van der Waals surface area contributed by atoms with E-state index in [0.29, 0.717) is 21.8 Å². The van der Waals surface area contributed by atoms with Crippen molar-refractivity contribution < 1.29 is 19.1 Å². The van der Waals surface area contributed by atoms with Gasteiger partial charge in [0.15, 0.2) is 0 Å². The van der Waals surface area contributed by atoms with Crippen molar-refractivity contribution in [3.8, 4) is 5.75 Å². The summed E-state index contributed by atoms with van der Waals surface area (Å²) in [4.78, 5) is 36.4. The highest BCUT2D eigenvalue weighted by Crippen LogP contribution is 2.16. The largest absolute Gasteiger partial charge is 0.422 e. The molecule has 0 aliphatic carbocycles. The van der Waals surface area contributed by atoms with Gasteiger partial charge in [0, 0.05) is 5.56 Å². The Balaban J connectivity index is 1.44. The van der Waals surface area contributed by atoms with Gasteiger partial charge in [-0.25, -0.2) is 10.2 Å². The van der Waals surface area contributed by atoms with Crippen LogP contribution in [0, 0.1) is 6.92 Å². The molecule has 2 aromatic carbocycles. The van der Waals surface area contributed by atoms with Crippen LogP contribution in [0.3, 0.4) is 0 Å². The molecule has 7 nitrogen and oxygen atoms in total. The molecule has 2 N–H and O–H groups in total. The number of esters is 1. The van der Waals surface area contributed by atoms with Gasteiger partial charge in [0.05, 0.1) is 12.8 Å². The quantitative estimate of drug-likeness (QED) is 0.265. The van der Waals surface area contributed by atoms with E-state index in [1.54, 1.807) is 53.9 Å². The van der Waals surface area contributed by atoms with Gasteiger partial charge in [-0.2, -0.15) is 5.10 Å².